The van der Waals surface area contributed by atoms with Gasteiger partial charge in [0.25, 0.3) is 0 Å². The fraction of sp³-hybridized carbons (Fsp3) is 0.222. The van der Waals surface area contributed by atoms with Crippen LogP contribution in [0.3, 0.4) is 0 Å². The van der Waals surface area contributed by atoms with Gasteiger partial charge in [-0.2, -0.15) is 0 Å². The molecular weight excluding hydrogens is 296 g/mol. The lowest BCUT2D eigenvalue weighted by Gasteiger charge is -2.09. The number of thioether (sulfide) groups is 2. The summed E-state index contributed by atoms with van der Waals surface area (Å²) >= 11 is 3.50. The summed E-state index contributed by atoms with van der Waals surface area (Å²) in [5.41, 5.74) is 0. The molecule has 0 aliphatic heterocycles. The first-order valence-corrected chi connectivity index (χ1v) is 8.75. The summed E-state index contributed by atoms with van der Waals surface area (Å²) < 4.78 is 1.21. The van der Waals surface area contributed by atoms with Gasteiger partial charge in [0.2, 0.25) is 0 Å². The summed E-state index contributed by atoms with van der Waals surface area (Å²) in [6.07, 6.45) is 3.37. The molecule has 21 heavy (non-hydrogen) atoms. The maximum absolute atomic E-state index is 9.78. The zero-order valence-corrected chi connectivity index (χ0v) is 13.7. The van der Waals surface area contributed by atoms with E-state index in [4.69, 9.17) is 0 Å². The average Bonchev–Trinajstić information content (AvgIpc) is 2.54. The second-order valence-electron chi connectivity index (χ2n) is 4.65. The topological polar surface area (TPSA) is 20.2 Å². The van der Waals surface area contributed by atoms with E-state index in [0.29, 0.717) is 6.42 Å². The van der Waals surface area contributed by atoms with E-state index in [9.17, 15) is 5.11 Å². The fourth-order valence-corrected chi connectivity index (χ4v) is 3.87. The van der Waals surface area contributed by atoms with Gasteiger partial charge >= 0.3 is 0 Å². The van der Waals surface area contributed by atoms with Crippen molar-refractivity contribution in [2.45, 2.75) is 35.7 Å². The van der Waals surface area contributed by atoms with E-state index in [-0.39, 0.29) is 6.10 Å². The van der Waals surface area contributed by atoms with Crippen LogP contribution in [-0.2, 0) is 0 Å². The van der Waals surface area contributed by atoms with Crippen molar-refractivity contribution in [3.63, 3.8) is 0 Å². The molecule has 0 unspecified atom stereocenters. The highest BCUT2D eigenvalue weighted by Gasteiger charge is 2.05. The minimum Gasteiger partial charge on any atom is -0.393 e. The number of rotatable bonds is 7. The van der Waals surface area contributed by atoms with Crippen molar-refractivity contribution in [1.29, 1.82) is 0 Å². The summed E-state index contributed by atoms with van der Waals surface area (Å²) in [7, 11) is 0. The van der Waals surface area contributed by atoms with Crippen molar-refractivity contribution >= 4 is 23.5 Å². The molecule has 2 aromatic carbocycles. The van der Waals surface area contributed by atoms with Crippen LogP contribution in [0.2, 0.25) is 0 Å². The molecule has 3 heteroatoms. The minimum atomic E-state index is -0.257. The van der Waals surface area contributed by atoms with Gasteiger partial charge in [0.1, 0.15) is 0 Å². The number of hydrogen-bond donors (Lipinski definition) is 1. The normalized spacial score (nSPS) is 11.9. The molecule has 0 saturated heterocycles. The molecule has 0 bridgehead atoms. The summed E-state index contributed by atoms with van der Waals surface area (Å²) in [6, 6.07) is 20.7. The van der Waals surface area contributed by atoms with Gasteiger partial charge in [0.15, 0.2) is 0 Å². The van der Waals surface area contributed by atoms with Gasteiger partial charge in [-0.1, -0.05) is 72.9 Å². The Morgan fingerprint density at radius 1 is 0.952 bits per heavy atom. The third-order valence-corrected chi connectivity index (χ3v) is 5.20. The summed E-state index contributed by atoms with van der Waals surface area (Å²) in [6.45, 7) is 2.01. The molecule has 0 radical (unpaired) electrons. The SMILES string of the molecule is CC[C@@H](O)CC=C(Sc1ccccc1)Sc1ccccc1. The van der Waals surface area contributed by atoms with E-state index >= 15 is 0 Å². The van der Waals surface area contributed by atoms with E-state index in [0.717, 1.165) is 6.42 Å². The molecule has 0 aliphatic rings. The van der Waals surface area contributed by atoms with Crippen LogP contribution in [0.4, 0.5) is 0 Å². The zero-order valence-electron chi connectivity index (χ0n) is 12.1. The van der Waals surface area contributed by atoms with Crippen molar-refractivity contribution in [2.75, 3.05) is 0 Å². The van der Waals surface area contributed by atoms with Gasteiger partial charge in [-0.15, -0.1) is 0 Å². The molecule has 0 aromatic heterocycles. The average molecular weight is 316 g/mol. The van der Waals surface area contributed by atoms with Gasteiger partial charge in [-0.25, -0.2) is 0 Å². The first kappa shape index (κ1) is 16.2. The Morgan fingerprint density at radius 2 is 1.43 bits per heavy atom. The number of benzene rings is 2. The number of hydrogen-bond acceptors (Lipinski definition) is 3. The van der Waals surface area contributed by atoms with Crippen LogP contribution in [0.15, 0.2) is 80.8 Å². The van der Waals surface area contributed by atoms with Crippen molar-refractivity contribution in [1.82, 2.24) is 0 Å². The Hall–Kier alpha value is -1.16. The van der Waals surface area contributed by atoms with Crippen LogP contribution in [-0.4, -0.2) is 11.2 Å². The molecule has 1 N–H and O–H groups in total. The van der Waals surface area contributed by atoms with E-state index in [1.54, 1.807) is 23.5 Å². The lowest BCUT2D eigenvalue weighted by atomic mass is 10.2. The summed E-state index contributed by atoms with van der Waals surface area (Å²) in [4.78, 5) is 2.44. The van der Waals surface area contributed by atoms with Crippen LogP contribution in [0.5, 0.6) is 0 Å². The molecule has 2 rings (SSSR count). The van der Waals surface area contributed by atoms with E-state index in [1.807, 2.05) is 43.3 Å². The quantitative estimate of drug-likeness (QED) is 0.674. The second-order valence-corrected chi connectivity index (χ2v) is 7.14. The molecule has 1 nitrogen and oxygen atoms in total. The summed E-state index contributed by atoms with van der Waals surface area (Å²) in [5, 5.41) is 9.78. The fourth-order valence-electron chi connectivity index (χ4n) is 1.71. The predicted molar refractivity (Wildman–Crippen MR) is 93.6 cm³/mol. The van der Waals surface area contributed by atoms with Gasteiger partial charge in [-0.3, -0.25) is 0 Å². The Labute approximate surface area is 135 Å². The van der Waals surface area contributed by atoms with E-state index < -0.39 is 0 Å². The maximum Gasteiger partial charge on any atom is 0.0572 e. The predicted octanol–water partition coefficient (Wildman–Crippen LogP) is 5.57. The molecule has 0 spiro atoms. The standard InChI is InChI=1S/C18H20OS2/c1-2-15(19)13-14-18(20-16-9-5-3-6-10-16)21-17-11-7-4-8-12-17/h3-12,14-15,19H,2,13H2,1H3/t15-/m1/s1. The first-order valence-electron chi connectivity index (χ1n) is 7.12. The van der Waals surface area contributed by atoms with Crippen LogP contribution in [0, 0.1) is 0 Å². The van der Waals surface area contributed by atoms with Gasteiger partial charge in [-0.05, 0) is 37.1 Å². The minimum absolute atomic E-state index is 0.257. The zero-order chi connectivity index (χ0) is 14.9. The molecule has 0 amide bonds. The molecule has 110 valence electrons. The molecular formula is C18H20OS2. The molecule has 0 aliphatic carbocycles. The van der Waals surface area contributed by atoms with E-state index in [1.165, 1.54) is 14.0 Å². The highest BCUT2D eigenvalue weighted by molar-refractivity contribution is 8.22. The van der Waals surface area contributed by atoms with Gasteiger partial charge < -0.3 is 5.11 Å². The van der Waals surface area contributed by atoms with Gasteiger partial charge in [0, 0.05) is 14.0 Å². The van der Waals surface area contributed by atoms with Crippen molar-refractivity contribution in [3.8, 4) is 0 Å². The van der Waals surface area contributed by atoms with Crippen LogP contribution in [0.1, 0.15) is 19.8 Å². The number of aliphatic hydroxyl groups excluding tert-OH is 1. The third-order valence-electron chi connectivity index (χ3n) is 2.95. The summed E-state index contributed by atoms with van der Waals surface area (Å²) in [5.74, 6) is 0. The molecule has 1 atom stereocenters. The van der Waals surface area contributed by atoms with Crippen molar-refractivity contribution in [2.24, 2.45) is 0 Å². The van der Waals surface area contributed by atoms with Crippen LogP contribution in [0.25, 0.3) is 0 Å². The highest BCUT2D eigenvalue weighted by Crippen LogP contribution is 2.39. The second kappa shape index (κ2) is 8.98. The van der Waals surface area contributed by atoms with Crippen LogP contribution >= 0.6 is 23.5 Å². The third kappa shape index (κ3) is 6.00. The lowest BCUT2D eigenvalue weighted by molar-refractivity contribution is 0.174. The first-order chi connectivity index (χ1) is 10.3. The Morgan fingerprint density at radius 3 is 1.86 bits per heavy atom. The monoisotopic (exact) mass is 316 g/mol. The molecule has 0 fully saturated rings. The van der Waals surface area contributed by atoms with Gasteiger partial charge in [0.05, 0.1) is 6.10 Å². The van der Waals surface area contributed by atoms with Crippen molar-refractivity contribution in [3.05, 3.63) is 71.0 Å². The molecule has 2 aromatic rings. The molecule has 0 saturated carbocycles. The smallest absolute Gasteiger partial charge is 0.0572 e. The Kier molecular flexibility index (Phi) is 6.93. The maximum atomic E-state index is 9.78. The van der Waals surface area contributed by atoms with Crippen LogP contribution < -0.4 is 0 Å². The lowest BCUT2D eigenvalue weighted by Crippen LogP contribution is -2.01. The highest BCUT2D eigenvalue weighted by atomic mass is 32.2. The molecule has 0 heterocycles. The Balaban J connectivity index is 2.10. The van der Waals surface area contributed by atoms with Crippen molar-refractivity contribution < 1.29 is 5.11 Å². The Bertz CT molecular complexity index is 508. The number of aliphatic hydroxyl groups is 1. The largest absolute Gasteiger partial charge is 0.393 e. The van der Waals surface area contributed by atoms with E-state index in [2.05, 4.69) is 30.3 Å².